The third kappa shape index (κ3) is 4.17. The van der Waals surface area contributed by atoms with E-state index < -0.39 is 0 Å². The van der Waals surface area contributed by atoms with Gasteiger partial charge in [0, 0.05) is 37.8 Å². The van der Waals surface area contributed by atoms with E-state index in [-0.39, 0.29) is 0 Å². The third-order valence-corrected chi connectivity index (χ3v) is 4.83. The molecule has 1 N–H and O–H groups in total. The van der Waals surface area contributed by atoms with Gasteiger partial charge >= 0.3 is 0 Å². The van der Waals surface area contributed by atoms with Crippen LogP contribution in [0.2, 0.25) is 0 Å². The maximum Gasteiger partial charge on any atom is 0.117 e. The second-order valence-corrected chi connectivity index (χ2v) is 6.67. The van der Waals surface area contributed by atoms with Crippen LogP contribution in [-0.4, -0.2) is 37.2 Å². The summed E-state index contributed by atoms with van der Waals surface area (Å²) in [6, 6.07) is 0. The first-order valence-corrected chi connectivity index (χ1v) is 8.24. The van der Waals surface area contributed by atoms with Crippen LogP contribution in [0.5, 0.6) is 0 Å². The van der Waals surface area contributed by atoms with E-state index in [9.17, 15) is 0 Å². The largest absolute Gasteiger partial charge is 0.351 e. The Bertz CT molecular complexity index is 410. The van der Waals surface area contributed by atoms with Crippen LogP contribution in [0.3, 0.4) is 0 Å². The molecular formula is C16H23ClN4. The molecule has 0 aromatic heterocycles. The standard InChI is InChI=1S/C9H15N.C7H8ClN3/c1-7-2-9-3-8(1)5-10(4-7)6-9;8-3-1-2-7-4-9-5-10-6-11-7/h7-9H,1-6H2;1,3-6H,2H2,(H,9,10,11). The average molecular weight is 307 g/mol. The third-order valence-electron chi connectivity index (χ3n) is 4.65. The molecule has 1 saturated carbocycles. The van der Waals surface area contributed by atoms with E-state index in [1.807, 2.05) is 6.08 Å². The van der Waals surface area contributed by atoms with Crippen LogP contribution in [-0.2, 0) is 0 Å². The van der Waals surface area contributed by atoms with Gasteiger partial charge in [0.1, 0.15) is 6.34 Å². The zero-order valence-electron chi connectivity index (χ0n) is 12.3. The van der Waals surface area contributed by atoms with Crippen LogP contribution in [0.25, 0.3) is 0 Å². The minimum absolute atomic E-state index is 0.719. The fourth-order valence-corrected chi connectivity index (χ4v) is 4.19. The molecule has 114 valence electrons. The van der Waals surface area contributed by atoms with Gasteiger partial charge < -0.3 is 10.2 Å². The second-order valence-electron chi connectivity index (χ2n) is 6.41. The molecule has 5 aliphatic rings. The highest BCUT2D eigenvalue weighted by Gasteiger charge is 2.40. The van der Waals surface area contributed by atoms with Gasteiger partial charge in [0.05, 0.1) is 12.0 Å². The molecule has 4 fully saturated rings. The van der Waals surface area contributed by atoms with Gasteiger partial charge in [-0.3, -0.25) is 0 Å². The molecule has 3 saturated heterocycles. The van der Waals surface area contributed by atoms with E-state index >= 15 is 0 Å². The SMILES string of the molecule is C1C2CC3CC1CN(C2)C3.ClC=CCC1=CNC=NC=N1. The molecule has 21 heavy (non-hydrogen) atoms. The second kappa shape index (κ2) is 7.23. The predicted molar refractivity (Wildman–Crippen MR) is 88.6 cm³/mol. The lowest BCUT2D eigenvalue weighted by Crippen LogP contribution is -2.53. The Kier molecular flexibility index (Phi) is 5.09. The van der Waals surface area contributed by atoms with Crippen LogP contribution in [0.1, 0.15) is 25.7 Å². The molecule has 0 spiro atoms. The molecule has 1 aliphatic carbocycles. The summed E-state index contributed by atoms with van der Waals surface area (Å²) in [5.41, 5.74) is 2.38. The van der Waals surface area contributed by atoms with Crippen LogP contribution >= 0.6 is 11.6 Å². The van der Waals surface area contributed by atoms with Crippen LogP contribution in [0.4, 0.5) is 0 Å². The Morgan fingerprint density at radius 1 is 1.19 bits per heavy atom. The summed E-state index contributed by atoms with van der Waals surface area (Å²) in [6.07, 6.45) is 12.1. The quantitative estimate of drug-likeness (QED) is 0.852. The van der Waals surface area contributed by atoms with Crippen LogP contribution in [0, 0.1) is 17.8 Å². The van der Waals surface area contributed by atoms with Gasteiger partial charge in [-0.05, 0) is 37.0 Å². The van der Waals surface area contributed by atoms with Gasteiger partial charge in [-0.25, -0.2) is 9.98 Å². The van der Waals surface area contributed by atoms with E-state index in [2.05, 4.69) is 20.2 Å². The number of hydrogen-bond acceptors (Lipinski definition) is 4. The highest BCUT2D eigenvalue weighted by Crippen LogP contribution is 2.42. The first-order valence-electron chi connectivity index (χ1n) is 7.80. The van der Waals surface area contributed by atoms with Gasteiger partial charge in [0.15, 0.2) is 0 Å². The topological polar surface area (TPSA) is 40.0 Å². The van der Waals surface area contributed by atoms with Crippen molar-refractivity contribution in [2.45, 2.75) is 25.7 Å². The molecule has 4 heterocycles. The lowest BCUT2D eigenvalue weighted by Gasteiger charge is -2.51. The van der Waals surface area contributed by atoms with Crippen molar-refractivity contribution in [3.05, 3.63) is 23.5 Å². The molecule has 0 unspecified atom stereocenters. The Morgan fingerprint density at radius 2 is 1.86 bits per heavy atom. The first-order chi connectivity index (χ1) is 10.3. The summed E-state index contributed by atoms with van der Waals surface area (Å²) in [5, 5.41) is 2.85. The minimum Gasteiger partial charge on any atom is -0.351 e. The number of aliphatic imine (C=N–C) groups is 2. The smallest absolute Gasteiger partial charge is 0.117 e. The van der Waals surface area contributed by atoms with E-state index in [0.717, 1.165) is 29.9 Å². The van der Waals surface area contributed by atoms with Crippen molar-refractivity contribution in [3.8, 4) is 0 Å². The number of halogens is 1. The van der Waals surface area contributed by atoms with Gasteiger partial charge in [-0.15, -0.1) is 0 Å². The zero-order valence-corrected chi connectivity index (χ0v) is 13.0. The van der Waals surface area contributed by atoms with Crippen LogP contribution in [0.15, 0.2) is 33.5 Å². The maximum absolute atomic E-state index is 5.35. The molecule has 4 aliphatic heterocycles. The normalized spacial score (nSPS) is 36.0. The molecule has 0 aromatic rings. The average Bonchev–Trinajstić information content (AvgIpc) is 2.73. The fourth-order valence-electron chi connectivity index (χ4n) is 4.10. The van der Waals surface area contributed by atoms with Gasteiger partial charge in [0.25, 0.3) is 0 Å². The van der Waals surface area contributed by atoms with Gasteiger partial charge in [-0.2, -0.15) is 0 Å². The van der Waals surface area contributed by atoms with Gasteiger partial charge in [0.2, 0.25) is 0 Å². The summed E-state index contributed by atoms with van der Waals surface area (Å²) < 4.78 is 0. The Labute approximate surface area is 131 Å². The predicted octanol–water partition coefficient (Wildman–Crippen LogP) is 2.98. The minimum atomic E-state index is 0.719. The Morgan fingerprint density at radius 3 is 2.43 bits per heavy atom. The first kappa shape index (κ1) is 14.8. The molecule has 0 aromatic carbocycles. The zero-order chi connectivity index (χ0) is 14.5. The maximum atomic E-state index is 5.35. The lowest BCUT2D eigenvalue weighted by molar-refractivity contribution is -0.0169. The summed E-state index contributed by atoms with van der Waals surface area (Å²) >= 11 is 5.35. The Balaban J connectivity index is 0.000000126. The number of rotatable bonds is 2. The summed E-state index contributed by atoms with van der Waals surface area (Å²) in [7, 11) is 0. The number of piperidine rings is 3. The van der Waals surface area contributed by atoms with Gasteiger partial charge in [-0.1, -0.05) is 17.7 Å². The number of nitrogens with one attached hydrogen (secondary N) is 1. The highest BCUT2D eigenvalue weighted by atomic mass is 35.5. The summed E-state index contributed by atoms with van der Waals surface area (Å²) in [6.45, 7) is 4.31. The number of nitrogens with zero attached hydrogens (tertiary/aromatic N) is 3. The highest BCUT2D eigenvalue weighted by molar-refractivity contribution is 6.25. The van der Waals surface area contributed by atoms with Crippen molar-refractivity contribution >= 4 is 24.3 Å². The number of allylic oxidation sites excluding steroid dienone is 1. The van der Waals surface area contributed by atoms with Crippen molar-refractivity contribution in [2.75, 3.05) is 19.6 Å². The molecular weight excluding hydrogens is 284 g/mol. The van der Waals surface area contributed by atoms with E-state index in [0.29, 0.717) is 0 Å². The molecule has 0 amide bonds. The van der Waals surface area contributed by atoms with E-state index in [4.69, 9.17) is 11.6 Å². The van der Waals surface area contributed by atoms with Crippen molar-refractivity contribution in [1.82, 2.24) is 10.2 Å². The van der Waals surface area contributed by atoms with Crippen molar-refractivity contribution in [1.29, 1.82) is 0 Å². The summed E-state index contributed by atoms with van der Waals surface area (Å²) in [4.78, 5) is 10.5. The molecule has 5 heteroatoms. The van der Waals surface area contributed by atoms with Crippen molar-refractivity contribution in [2.24, 2.45) is 27.7 Å². The van der Waals surface area contributed by atoms with E-state index in [1.165, 1.54) is 31.5 Å². The summed E-state index contributed by atoms with van der Waals surface area (Å²) in [5.74, 6) is 3.31. The molecule has 0 atom stereocenters. The fraction of sp³-hybridized carbons (Fsp3) is 0.625. The van der Waals surface area contributed by atoms with Crippen molar-refractivity contribution in [3.63, 3.8) is 0 Å². The molecule has 4 bridgehead atoms. The monoisotopic (exact) mass is 306 g/mol. The van der Waals surface area contributed by atoms with Crippen LogP contribution < -0.4 is 5.32 Å². The molecule has 0 radical (unpaired) electrons. The lowest BCUT2D eigenvalue weighted by atomic mass is 9.68. The Hall–Kier alpha value is -1.13. The number of hydrogen-bond donors (Lipinski definition) is 1. The molecule has 5 rings (SSSR count). The van der Waals surface area contributed by atoms with E-state index in [1.54, 1.807) is 31.8 Å². The molecule has 4 nitrogen and oxygen atoms in total. The van der Waals surface area contributed by atoms with Crippen molar-refractivity contribution < 1.29 is 0 Å².